The summed E-state index contributed by atoms with van der Waals surface area (Å²) in [6.45, 7) is 4.72. The number of aryl methyl sites for hydroxylation is 2. The molecule has 0 amide bonds. The Morgan fingerprint density at radius 2 is 1.88 bits per heavy atom. The van der Waals surface area contributed by atoms with Crippen LogP contribution in [0.25, 0.3) is 17.2 Å². The Morgan fingerprint density at radius 1 is 1.08 bits per heavy atom. The molecule has 0 spiro atoms. The first-order chi connectivity index (χ1) is 12.1. The van der Waals surface area contributed by atoms with Crippen LogP contribution in [-0.4, -0.2) is 34.7 Å². The van der Waals surface area contributed by atoms with E-state index in [9.17, 15) is 0 Å². The largest absolute Gasteiger partial charge is 0.282 e. The molecule has 0 aliphatic rings. The summed E-state index contributed by atoms with van der Waals surface area (Å²) in [4.78, 5) is 0. The number of hydrogen-bond acceptors (Lipinski definition) is 4. The Hall–Kier alpha value is -3.00. The fourth-order valence-electron chi connectivity index (χ4n) is 2.68. The molecule has 8 heteroatoms. The van der Waals surface area contributed by atoms with Crippen LogP contribution in [-0.2, 0) is 6.54 Å². The molecule has 0 aliphatic heterocycles. The van der Waals surface area contributed by atoms with Gasteiger partial charge in [0.15, 0.2) is 10.6 Å². The number of nitrogens with one attached hydrogen (secondary N) is 2. The highest BCUT2D eigenvalue weighted by atomic mass is 32.1. The molecule has 0 radical (unpaired) electrons. The minimum absolute atomic E-state index is 0.505. The third-order valence-electron chi connectivity index (χ3n) is 3.95. The molecule has 0 unspecified atom stereocenters. The smallest absolute Gasteiger partial charge is 0.200 e. The number of aromatic nitrogens is 7. The maximum atomic E-state index is 5.38. The standard InChI is InChI=1S/C17H17N7S/c1-11-3-5-13(6-4-11)9-23-10-14(8-18-23)24-16(21-22-17(24)25)15-7-12(2)19-20-15/h3-8,10H,9H2,1-2H3,(H,19,20)(H,22,25). The molecule has 0 bridgehead atoms. The van der Waals surface area contributed by atoms with Gasteiger partial charge in [-0.05, 0) is 37.7 Å². The van der Waals surface area contributed by atoms with Gasteiger partial charge >= 0.3 is 0 Å². The highest BCUT2D eigenvalue weighted by Crippen LogP contribution is 2.20. The normalized spacial score (nSPS) is 11.1. The quantitative estimate of drug-likeness (QED) is 0.553. The van der Waals surface area contributed by atoms with Gasteiger partial charge in [-0.3, -0.25) is 19.4 Å². The van der Waals surface area contributed by atoms with E-state index in [-0.39, 0.29) is 0 Å². The minimum atomic E-state index is 0.505. The average Bonchev–Trinajstić information content (AvgIpc) is 3.30. The van der Waals surface area contributed by atoms with Crippen LogP contribution in [0.3, 0.4) is 0 Å². The summed E-state index contributed by atoms with van der Waals surface area (Å²) in [5, 5.41) is 18.8. The zero-order valence-electron chi connectivity index (χ0n) is 13.9. The van der Waals surface area contributed by atoms with Crippen molar-refractivity contribution < 1.29 is 0 Å². The minimum Gasteiger partial charge on any atom is -0.282 e. The molecule has 0 aliphatic carbocycles. The van der Waals surface area contributed by atoms with E-state index in [1.165, 1.54) is 11.1 Å². The van der Waals surface area contributed by atoms with Gasteiger partial charge in [-0.2, -0.15) is 15.3 Å². The number of benzene rings is 1. The zero-order chi connectivity index (χ0) is 17.4. The van der Waals surface area contributed by atoms with Crippen LogP contribution in [0, 0.1) is 18.6 Å². The number of nitrogens with zero attached hydrogens (tertiary/aromatic N) is 5. The van der Waals surface area contributed by atoms with E-state index in [1.54, 1.807) is 6.20 Å². The van der Waals surface area contributed by atoms with Crippen molar-refractivity contribution in [2.45, 2.75) is 20.4 Å². The Labute approximate surface area is 149 Å². The lowest BCUT2D eigenvalue weighted by Gasteiger charge is -2.03. The van der Waals surface area contributed by atoms with Crippen LogP contribution < -0.4 is 0 Å². The molecular formula is C17H17N7S. The van der Waals surface area contributed by atoms with Gasteiger partial charge in [0.25, 0.3) is 0 Å². The summed E-state index contributed by atoms with van der Waals surface area (Å²) in [6.07, 6.45) is 3.73. The molecule has 3 heterocycles. The van der Waals surface area contributed by atoms with Crippen LogP contribution >= 0.6 is 12.2 Å². The van der Waals surface area contributed by atoms with Crippen LogP contribution in [0.5, 0.6) is 0 Å². The fraction of sp³-hybridized carbons (Fsp3) is 0.176. The van der Waals surface area contributed by atoms with E-state index in [1.807, 2.05) is 28.4 Å². The van der Waals surface area contributed by atoms with E-state index >= 15 is 0 Å². The third kappa shape index (κ3) is 3.03. The summed E-state index contributed by atoms with van der Waals surface area (Å²) in [5.41, 5.74) is 4.98. The van der Waals surface area contributed by atoms with Crippen molar-refractivity contribution in [2.24, 2.45) is 0 Å². The maximum absolute atomic E-state index is 5.38. The maximum Gasteiger partial charge on any atom is 0.200 e. The molecule has 4 aromatic rings. The van der Waals surface area contributed by atoms with Crippen molar-refractivity contribution in [1.29, 1.82) is 0 Å². The highest BCUT2D eigenvalue weighted by molar-refractivity contribution is 7.71. The first-order valence-corrected chi connectivity index (χ1v) is 8.29. The average molecular weight is 351 g/mol. The van der Waals surface area contributed by atoms with Gasteiger partial charge in [0.2, 0.25) is 0 Å². The molecule has 7 nitrogen and oxygen atoms in total. The van der Waals surface area contributed by atoms with Gasteiger partial charge in [0, 0.05) is 11.9 Å². The van der Waals surface area contributed by atoms with E-state index < -0.39 is 0 Å². The van der Waals surface area contributed by atoms with Gasteiger partial charge in [-0.15, -0.1) is 0 Å². The van der Waals surface area contributed by atoms with Gasteiger partial charge in [0.05, 0.1) is 18.4 Å². The molecule has 0 fully saturated rings. The number of aromatic amines is 2. The Bertz CT molecular complexity index is 1070. The van der Waals surface area contributed by atoms with Crippen molar-refractivity contribution in [3.63, 3.8) is 0 Å². The zero-order valence-corrected chi connectivity index (χ0v) is 14.7. The number of rotatable bonds is 4. The third-order valence-corrected chi connectivity index (χ3v) is 4.22. The Morgan fingerprint density at radius 3 is 2.60 bits per heavy atom. The SMILES string of the molecule is Cc1ccc(Cn2cc(-n3c(-c4cc(C)[nH]n4)n[nH]c3=S)cn2)cc1. The van der Waals surface area contributed by atoms with Crippen LogP contribution in [0.2, 0.25) is 0 Å². The predicted molar refractivity (Wildman–Crippen MR) is 97.1 cm³/mol. The van der Waals surface area contributed by atoms with Crippen molar-refractivity contribution in [2.75, 3.05) is 0 Å². The molecule has 2 N–H and O–H groups in total. The summed E-state index contributed by atoms with van der Waals surface area (Å²) in [6, 6.07) is 10.3. The number of hydrogen-bond donors (Lipinski definition) is 2. The topological polar surface area (TPSA) is 80.1 Å². The molecule has 0 saturated heterocycles. The van der Waals surface area contributed by atoms with E-state index in [2.05, 4.69) is 56.7 Å². The number of H-pyrrole nitrogens is 2. The summed E-state index contributed by atoms with van der Waals surface area (Å²) < 4.78 is 4.23. The van der Waals surface area contributed by atoms with Crippen LogP contribution in [0.1, 0.15) is 16.8 Å². The van der Waals surface area contributed by atoms with E-state index in [0.29, 0.717) is 17.1 Å². The highest BCUT2D eigenvalue weighted by Gasteiger charge is 2.14. The lowest BCUT2D eigenvalue weighted by atomic mass is 10.1. The molecule has 1 aromatic carbocycles. The first-order valence-electron chi connectivity index (χ1n) is 7.88. The van der Waals surface area contributed by atoms with Gasteiger partial charge in [0.1, 0.15) is 5.69 Å². The fourth-order valence-corrected chi connectivity index (χ4v) is 2.91. The van der Waals surface area contributed by atoms with Crippen molar-refractivity contribution in [3.8, 4) is 17.2 Å². The summed E-state index contributed by atoms with van der Waals surface area (Å²) in [7, 11) is 0. The second-order valence-corrected chi connectivity index (χ2v) is 6.39. The molecular weight excluding hydrogens is 334 g/mol. The first kappa shape index (κ1) is 15.5. The van der Waals surface area contributed by atoms with E-state index in [4.69, 9.17) is 12.2 Å². The second-order valence-electron chi connectivity index (χ2n) is 6.01. The molecule has 25 heavy (non-hydrogen) atoms. The van der Waals surface area contributed by atoms with Crippen molar-refractivity contribution in [1.82, 2.24) is 34.7 Å². The van der Waals surface area contributed by atoms with Gasteiger partial charge in [-0.1, -0.05) is 29.8 Å². The molecule has 126 valence electrons. The molecule has 3 aromatic heterocycles. The monoisotopic (exact) mass is 351 g/mol. The van der Waals surface area contributed by atoms with Gasteiger partial charge < -0.3 is 0 Å². The summed E-state index contributed by atoms with van der Waals surface area (Å²) >= 11 is 5.38. The van der Waals surface area contributed by atoms with Crippen molar-refractivity contribution in [3.05, 3.63) is 64.3 Å². The van der Waals surface area contributed by atoms with Crippen LogP contribution in [0.15, 0.2) is 42.7 Å². The lowest BCUT2D eigenvalue weighted by molar-refractivity contribution is 0.686. The summed E-state index contributed by atoms with van der Waals surface area (Å²) in [5.74, 6) is 0.657. The molecule has 0 atom stereocenters. The molecule has 0 saturated carbocycles. The second kappa shape index (κ2) is 6.14. The van der Waals surface area contributed by atoms with Crippen LogP contribution in [0.4, 0.5) is 0 Å². The van der Waals surface area contributed by atoms with Gasteiger partial charge in [-0.25, -0.2) is 0 Å². The lowest BCUT2D eigenvalue weighted by Crippen LogP contribution is -2.00. The Balaban J connectivity index is 1.67. The molecule has 4 rings (SSSR count). The predicted octanol–water partition coefficient (Wildman–Crippen LogP) is 3.18. The van der Waals surface area contributed by atoms with E-state index in [0.717, 1.165) is 17.1 Å². The Kier molecular flexibility index (Phi) is 3.81. The van der Waals surface area contributed by atoms with Crippen molar-refractivity contribution >= 4 is 12.2 Å².